The van der Waals surface area contributed by atoms with E-state index in [4.69, 9.17) is 11.6 Å². The molecule has 7 nitrogen and oxygen atoms in total. The maximum absolute atomic E-state index is 14.4. The van der Waals surface area contributed by atoms with Crippen molar-refractivity contribution in [3.63, 3.8) is 0 Å². The van der Waals surface area contributed by atoms with Gasteiger partial charge in [-0.15, -0.1) is 0 Å². The summed E-state index contributed by atoms with van der Waals surface area (Å²) in [6, 6.07) is 27.7. The summed E-state index contributed by atoms with van der Waals surface area (Å²) in [6.07, 6.45) is 0.859. The summed E-state index contributed by atoms with van der Waals surface area (Å²) in [5, 5.41) is 3.39. The highest BCUT2D eigenvalue weighted by molar-refractivity contribution is 7.92. The van der Waals surface area contributed by atoms with Crippen molar-refractivity contribution >= 4 is 39.1 Å². The molecule has 4 rings (SSSR count). The molecule has 0 radical (unpaired) electrons. The van der Waals surface area contributed by atoms with Crippen molar-refractivity contribution in [2.75, 3.05) is 10.8 Å². The third-order valence-corrected chi connectivity index (χ3v) is 9.30. The summed E-state index contributed by atoms with van der Waals surface area (Å²) < 4.78 is 42.7. The molecule has 0 saturated heterocycles. The molecule has 4 aromatic carbocycles. The predicted octanol–water partition coefficient (Wildman–Crippen LogP) is 6.23. The van der Waals surface area contributed by atoms with Crippen LogP contribution >= 0.6 is 11.6 Å². The maximum Gasteiger partial charge on any atom is 0.264 e. The molecule has 230 valence electrons. The quantitative estimate of drug-likeness (QED) is 0.189. The van der Waals surface area contributed by atoms with Crippen molar-refractivity contribution in [3.8, 4) is 0 Å². The lowest BCUT2D eigenvalue weighted by Gasteiger charge is -2.34. The molecule has 2 atom stereocenters. The van der Waals surface area contributed by atoms with Crippen LogP contribution in [0.15, 0.2) is 114 Å². The molecule has 10 heteroatoms. The zero-order valence-electron chi connectivity index (χ0n) is 24.6. The van der Waals surface area contributed by atoms with Crippen molar-refractivity contribution in [2.45, 2.75) is 50.2 Å². The van der Waals surface area contributed by atoms with Crippen LogP contribution < -0.4 is 9.62 Å². The molecule has 4 aromatic rings. The molecule has 0 unspecified atom stereocenters. The lowest BCUT2D eigenvalue weighted by molar-refractivity contribution is -0.140. The summed E-state index contributed by atoms with van der Waals surface area (Å²) in [4.78, 5) is 29.6. The van der Waals surface area contributed by atoms with E-state index in [9.17, 15) is 22.4 Å². The zero-order chi connectivity index (χ0) is 31.7. The highest BCUT2D eigenvalue weighted by Crippen LogP contribution is 2.26. The Morgan fingerprint density at radius 3 is 2.02 bits per heavy atom. The number of sulfonamides is 1. The number of hydrogen-bond donors (Lipinski definition) is 1. The molecule has 44 heavy (non-hydrogen) atoms. The van der Waals surface area contributed by atoms with E-state index in [2.05, 4.69) is 5.32 Å². The zero-order valence-corrected chi connectivity index (χ0v) is 26.1. The minimum Gasteiger partial charge on any atom is -0.352 e. The first-order valence-corrected chi connectivity index (χ1v) is 16.1. The van der Waals surface area contributed by atoms with E-state index in [0.29, 0.717) is 17.0 Å². The molecule has 0 aliphatic rings. The highest BCUT2D eigenvalue weighted by Gasteiger charge is 2.35. The van der Waals surface area contributed by atoms with Gasteiger partial charge >= 0.3 is 0 Å². The van der Waals surface area contributed by atoms with Crippen molar-refractivity contribution in [2.24, 2.45) is 0 Å². The van der Waals surface area contributed by atoms with E-state index >= 15 is 0 Å². The molecule has 0 saturated carbocycles. The lowest BCUT2D eigenvalue weighted by Crippen LogP contribution is -2.54. The van der Waals surface area contributed by atoms with Crippen LogP contribution in [0.25, 0.3) is 0 Å². The van der Waals surface area contributed by atoms with Gasteiger partial charge < -0.3 is 10.2 Å². The van der Waals surface area contributed by atoms with Crippen molar-refractivity contribution in [1.29, 1.82) is 0 Å². The minimum atomic E-state index is -4.21. The molecular formula is C34H35ClFN3O4S. The molecule has 0 bridgehead atoms. The number of nitrogens with zero attached hydrogens (tertiary/aromatic N) is 2. The van der Waals surface area contributed by atoms with Crippen molar-refractivity contribution < 1.29 is 22.4 Å². The number of carbonyl (C=O) groups excluding carboxylic acids is 2. The fourth-order valence-electron chi connectivity index (χ4n) is 4.64. The first-order chi connectivity index (χ1) is 21.1. The molecule has 0 aliphatic carbocycles. The molecule has 0 aliphatic heterocycles. The number of rotatable bonds is 13. The van der Waals surface area contributed by atoms with Crippen LogP contribution in [0.2, 0.25) is 5.02 Å². The van der Waals surface area contributed by atoms with Crippen LogP contribution in [-0.4, -0.2) is 43.8 Å². The number of hydrogen-bond acceptors (Lipinski definition) is 4. The third-order valence-electron chi connectivity index (χ3n) is 7.26. The van der Waals surface area contributed by atoms with Gasteiger partial charge in [0.1, 0.15) is 18.4 Å². The fourth-order valence-corrected chi connectivity index (χ4v) is 6.20. The van der Waals surface area contributed by atoms with E-state index in [0.717, 1.165) is 9.87 Å². The van der Waals surface area contributed by atoms with Crippen LogP contribution in [0, 0.1) is 5.82 Å². The van der Waals surface area contributed by atoms with Gasteiger partial charge in [0.05, 0.1) is 10.6 Å². The lowest BCUT2D eigenvalue weighted by atomic mass is 10.0. The van der Waals surface area contributed by atoms with Gasteiger partial charge in [0, 0.05) is 24.0 Å². The van der Waals surface area contributed by atoms with Gasteiger partial charge in [-0.3, -0.25) is 13.9 Å². The number of benzene rings is 4. The molecule has 0 heterocycles. The van der Waals surface area contributed by atoms with Gasteiger partial charge in [-0.05, 0) is 73.0 Å². The molecule has 1 N–H and O–H groups in total. The summed E-state index contributed by atoms with van der Waals surface area (Å²) in [5.41, 5.74) is 1.63. The Bertz CT molecular complexity index is 1640. The molecule has 0 aromatic heterocycles. The van der Waals surface area contributed by atoms with E-state index < -0.39 is 34.3 Å². The second-order valence-electron chi connectivity index (χ2n) is 10.5. The average molecular weight is 636 g/mol. The first-order valence-electron chi connectivity index (χ1n) is 14.3. The van der Waals surface area contributed by atoms with Crippen LogP contribution in [0.3, 0.4) is 0 Å². The Hall–Kier alpha value is -4.21. The topological polar surface area (TPSA) is 86.8 Å². The van der Waals surface area contributed by atoms with Gasteiger partial charge in [-0.1, -0.05) is 79.2 Å². The maximum atomic E-state index is 14.4. The minimum absolute atomic E-state index is 0.00295. The van der Waals surface area contributed by atoms with Gasteiger partial charge in [0.25, 0.3) is 10.0 Å². The Morgan fingerprint density at radius 2 is 1.43 bits per heavy atom. The van der Waals surface area contributed by atoms with Crippen molar-refractivity contribution in [1.82, 2.24) is 10.2 Å². The van der Waals surface area contributed by atoms with Gasteiger partial charge in [-0.25, -0.2) is 12.8 Å². The average Bonchev–Trinajstić information content (AvgIpc) is 3.03. The van der Waals surface area contributed by atoms with Gasteiger partial charge in [-0.2, -0.15) is 0 Å². The Balaban J connectivity index is 1.79. The summed E-state index contributed by atoms with van der Waals surface area (Å²) >= 11 is 6.10. The highest BCUT2D eigenvalue weighted by atomic mass is 35.5. The van der Waals surface area contributed by atoms with Crippen LogP contribution in [0.4, 0.5) is 10.1 Å². The second kappa shape index (κ2) is 15.0. The van der Waals surface area contributed by atoms with Gasteiger partial charge in [0.15, 0.2) is 0 Å². The van der Waals surface area contributed by atoms with Crippen LogP contribution in [0.5, 0.6) is 0 Å². The third kappa shape index (κ3) is 8.45. The standard InChI is InChI=1S/C34H35ClFN3O4S/c1-3-25(2)37-34(41)32(22-26-10-6-4-7-11-26)38(23-27-14-18-29(36)19-15-27)33(40)24-39(30-20-16-28(35)17-21-30)44(42,43)31-12-8-5-9-13-31/h4-21,25,32H,3,22-24H2,1-2H3,(H,37,41)/t25-,32-/m0/s1. The normalized spacial score (nSPS) is 12.6. The van der Waals surface area contributed by atoms with Crippen LogP contribution in [0.1, 0.15) is 31.4 Å². The molecular weight excluding hydrogens is 601 g/mol. The Labute approximate surface area is 263 Å². The molecule has 0 fully saturated rings. The predicted molar refractivity (Wildman–Crippen MR) is 171 cm³/mol. The smallest absolute Gasteiger partial charge is 0.264 e. The van der Waals surface area contributed by atoms with E-state index in [-0.39, 0.29) is 35.5 Å². The van der Waals surface area contributed by atoms with E-state index in [1.165, 1.54) is 41.3 Å². The van der Waals surface area contributed by atoms with Crippen molar-refractivity contribution in [3.05, 3.63) is 131 Å². The number of nitrogens with one attached hydrogen (secondary N) is 1. The second-order valence-corrected chi connectivity index (χ2v) is 12.8. The monoisotopic (exact) mass is 635 g/mol. The van der Waals surface area contributed by atoms with E-state index in [1.54, 1.807) is 42.5 Å². The summed E-state index contributed by atoms with van der Waals surface area (Å²) in [7, 11) is -4.21. The molecule has 2 amide bonds. The van der Waals surface area contributed by atoms with E-state index in [1.807, 2.05) is 44.2 Å². The van der Waals surface area contributed by atoms with Gasteiger partial charge in [0.2, 0.25) is 11.8 Å². The fraction of sp³-hybridized carbons (Fsp3) is 0.235. The Kier molecular flexibility index (Phi) is 11.1. The summed E-state index contributed by atoms with van der Waals surface area (Å²) in [6.45, 7) is 3.17. The number of halogens is 2. The number of anilines is 1. The SMILES string of the molecule is CC[C@H](C)NC(=O)[C@H](Cc1ccccc1)N(Cc1ccc(F)cc1)C(=O)CN(c1ccc(Cl)cc1)S(=O)(=O)c1ccccc1. The Morgan fingerprint density at radius 1 is 0.841 bits per heavy atom. The summed E-state index contributed by atoms with van der Waals surface area (Å²) in [5.74, 6) is -1.42. The largest absolute Gasteiger partial charge is 0.352 e. The first kappa shape index (κ1) is 32.7. The molecule has 0 spiro atoms. The number of carbonyl (C=O) groups is 2. The number of amides is 2. The van der Waals surface area contributed by atoms with Crippen LogP contribution in [-0.2, 0) is 32.6 Å².